The number of aldehydes is 1. The van der Waals surface area contributed by atoms with Crippen LogP contribution in [0, 0.1) is 18.8 Å². The molecule has 0 bridgehead atoms. The van der Waals surface area contributed by atoms with Crippen LogP contribution in [-0.4, -0.2) is 19.9 Å². The van der Waals surface area contributed by atoms with Crippen molar-refractivity contribution in [2.24, 2.45) is 11.8 Å². The van der Waals surface area contributed by atoms with Gasteiger partial charge in [0.1, 0.15) is 17.8 Å². The van der Waals surface area contributed by atoms with Crippen LogP contribution in [0.2, 0.25) is 0 Å². The van der Waals surface area contributed by atoms with Gasteiger partial charge in [-0.05, 0) is 73.1 Å². The van der Waals surface area contributed by atoms with Crippen molar-refractivity contribution in [2.75, 3.05) is 7.11 Å². The molecule has 1 aliphatic carbocycles. The van der Waals surface area contributed by atoms with Gasteiger partial charge in [0.15, 0.2) is 0 Å². The van der Waals surface area contributed by atoms with Crippen LogP contribution < -0.4 is 4.74 Å². The number of rotatable bonds is 10. The summed E-state index contributed by atoms with van der Waals surface area (Å²) in [5.74, 6) is 2.40. The molecule has 212 valence electrons. The fourth-order valence-corrected chi connectivity index (χ4v) is 3.70. The highest BCUT2D eigenvalue weighted by molar-refractivity contribution is 5.64. The molecule has 4 heteroatoms. The van der Waals surface area contributed by atoms with E-state index in [1.54, 1.807) is 19.3 Å². The first-order valence-corrected chi connectivity index (χ1v) is 13.4. The Balaban J connectivity index is 0.000000311. The third-order valence-electron chi connectivity index (χ3n) is 6.38. The summed E-state index contributed by atoms with van der Waals surface area (Å²) in [5, 5.41) is 0. The molecule has 2 aromatic rings. The highest BCUT2D eigenvalue weighted by Crippen LogP contribution is 2.26. The smallest absolute Gasteiger partial charge is 0.298 e. The van der Waals surface area contributed by atoms with Crippen molar-refractivity contribution in [1.82, 2.24) is 0 Å². The number of hydrogen-bond donors (Lipinski definition) is 0. The SMILES string of the molecule is C=C(C)/C=C\C(=C)C(=C)/C=C\C(=C)OC=O.CC1CCC(C=O)CC1.COc1ccc(-c2ccc(C)cc2)cc1. The zero-order valence-electron chi connectivity index (χ0n) is 24.5. The van der Waals surface area contributed by atoms with E-state index in [9.17, 15) is 9.59 Å². The number of benzene rings is 2. The van der Waals surface area contributed by atoms with E-state index in [0.717, 1.165) is 41.9 Å². The van der Waals surface area contributed by atoms with E-state index >= 15 is 0 Å². The Bertz CT molecular complexity index is 1170. The first kappa shape index (κ1) is 33.8. The van der Waals surface area contributed by atoms with Crippen LogP contribution in [-0.2, 0) is 14.3 Å². The molecule has 4 nitrogen and oxygen atoms in total. The Morgan fingerprint density at radius 2 is 1.27 bits per heavy atom. The minimum absolute atomic E-state index is 0.257. The van der Waals surface area contributed by atoms with Crippen molar-refractivity contribution in [3.63, 3.8) is 0 Å². The maximum absolute atomic E-state index is 10.3. The van der Waals surface area contributed by atoms with Crippen molar-refractivity contribution >= 4 is 12.8 Å². The summed E-state index contributed by atoms with van der Waals surface area (Å²) in [5.41, 5.74) is 6.16. The summed E-state index contributed by atoms with van der Waals surface area (Å²) in [7, 11) is 1.68. The van der Waals surface area contributed by atoms with Gasteiger partial charge in [0.2, 0.25) is 0 Å². The van der Waals surface area contributed by atoms with Crippen LogP contribution in [0.4, 0.5) is 0 Å². The molecule has 0 atom stereocenters. The van der Waals surface area contributed by atoms with E-state index < -0.39 is 0 Å². The number of methoxy groups -OCH3 is 1. The average Bonchev–Trinajstić information content (AvgIpc) is 2.96. The summed E-state index contributed by atoms with van der Waals surface area (Å²) in [6, 6.07) is 16.6. The molecular weight excluding hydrogens is 496 g/mol. The minimum atomic E-state index is 0.257. The molecule has 2 aromatic carbocycles. The van der Waals surface area contributed by atoms with Crippen LogP contribution in [0.15, 0.2) is 122 Å². The Morgan fingerprint density at radius 3 is 1.73 bits per heavy atom. The molecule has 0 aromatic heterocycles. The number of allylic oxidation sites excluding steroid dienone is 7. The normalized spacial score (nSPS) is 16.0. The van der Waals surface area contributed by atoms with Gasteiger partial charge in [-0.15, -0.1) is 0 Å². The van der Waals surface area contributed by atoms with Crippen molar-refractivity contribution in [1.29, 1.82) is 0 Å². The van der Waals surface area contributed by atoms with E-state index in [2.05, 4.69) is 81.3 Å². The lowest BCUT2D eigenvalue weighted by Gasteiger charge is -2.21. The molecule has 0 saturated heterocycles. The Labute approximate surface area is 241 Å². The van der Waals surface area contributed by atoms with Crippen molar-refractivity contribution < 1.29 is 19.1 Å². The first-order chi connectivity index (χ1) is 19.1. The molecule has 0 N–H and O–H groups in total. The van der Waals surface area contributed by atoms with Gasteiger partial charge in [-0.1, -0.05) is 112 Å². The van der Waals surface area contributed by atoms with Crippen LogP contribution in [0.5, 0.6) is 5.75 Å². The highest BCUT2D eigenvalue weighted by atomic mass is 16.5. The second-order valence-corrected chi connectivity index (χ2v) is 9.99. The maximum atomic E-state index is 10.3. The van der Waals surface area contributed by atoms with Gasteiger partial charge in [-0.25, -0.2) is 0 Å². The van der Waals surface area contributed by atoms with Crippen LogP contribution in [0.3, 0.4) is 0 Å². The predicted molar refractivity (Wildman–Crippen MR) is 168 cm³/mol. The summed E-state index contributed by atoms with van der Waals surface area (Å²) < 4.78 is 9.63. The second-order valence-electron chi connectivity index (χ2n) is 9.99. The van der Waals surface area contributed by atoms with E-state index in [0.29, 0.717) is 18.0 Å². The van der Waals surface area contributed by atoms with E-state index in [1.165, 1.54) is 29.5 Å². The Kier molecular flexibility index (Phi) is 16.1. The van der Waals surface area contributed by atoms with Gasteiger partial charge < -0.3 is 14.3 Å². The predicted octanol–water partition coefficient (Wildman–Crippen LogP) is 9.16. The summed E-state index contributed by atoms with van der Waals surface area (Å²) in [6.07, 6.45) is 12.8. The molecule has 0 unspecified atom stereocenters. The number of hydrogen-bond acceptors (Lipinski definition) is 4. The van der Waals surface area contributed by atoms with Crippen LogP contribution in [0.25, 0.3) is 11.1 Å². The van der Waals surface area contributed by atoms with Crippen molar-refractivity contribution in [2.45, 2.75) is 46.5 Å². The molecule has 0 heterocycles. The monoisotopic (exact) mass is 540 g/mol. The topological polar surface area (TPSA) is 52.6 Å². The number of carbonyl (C=O) groups is 2. The number of carbonyl (C=O) groups excluding carboxylic acids is 2. The quantitative estimate of drug-likeness (QED) is 0.171. The highest BCUT2D eigenvalue weighted by Gasteiger charge is 2.16. The van der Waals surface area contributed by atoms with Gasteiger partial charge in [-0.3, -0.25) is 4.79 Å². The van der Waals surface area contributed by atoms with Crippen molar-refractivity contribution in [3.05, 3.63) is 127 Å². The molecule has 1 fully saturated rings. The second kappa shape index (κ2) is 19.0. The lowest BCUT2D eigenvalue weighted by atomic mass is 9.84. The van der Waals surface area contributed by atoms with E-state index in [-0.39, 0.29) is 5.76 Å². The van der Waals surface area contributed by atoms with Gasteiger partial charge in [0, 0.05) is 5.92 Å². The molecule has 3 rings (SSSR count). The van der Waals surface area contributed by atoms with Crippen LogP contribution >= 0.6 is 0 Å². The van der Waals surface area contributed by atoms with E-state index in [1.807, 2.05) is 31.2 Å². The third kappa shape index (κ3) is 14.1. The molecule has 1 aliphatic rings. The zero-order chi connectivity index (χ0) is 29.9. The Morgan fingerprint density at radius 1 is 0.775 bits per heavy atom. The van der Waals surface area contributed by atoms with Gasteiger partial charge in [-0.2, -0.15) is 0 Å². The van der Waals surface area contributed by atoms with Gasteiger partial charge >= 0.3 is 0 Å². The molecule has 1 saturated carbocycles. The third-order valence-corrected chi connectivity index (χ3v) is 6.38. The summed E-state index contributed by atoms with van der Waals surface area (Å²) in [6.45, 7) is 21.5. The van der Waals surface area contributed by atoms with E-state index in [4.69, 9.17) is 4.74 Å². The summed E-state index contributed by atoms with van der Waals surface area (Å²) >= 11 is 0. The number of ether oxygens (including phenoxy) is 2. The minimum Gasteiger partial charge on any atom is -0.497 e. The molecular formula is C36H44O4. The molecule has 40 heavy (non-hydrogen) atoms. The molecule has 0 radical (unpaired) electrons. The van der Waals surface area contributed by atoms with Gasteiger partial charge in [0.25, 0.3) is 6.47 Å². The molecule has 0 spiro atoms. The number of aryl methyl sites for hydroxylation is 1. The Hall–Kier alpha value is -4.18. The largest absolute Gasteiger partial charge is 0.497 e. The zero-order valence-corrected chi connectivity index (χ0v) is 24.5. The van der Waals surface area contributed by atoms with Crippen molar-refractivity contribution in [3.8, 4) is 16.9 Å². The maximum Gasteiger partial charge on any atom is 0.298 e. The van der Waals surface area contributed by atoms with Gasteiger partial charge in [0.05, 0.1) is 7.11 Å². The lowest BCUT2D eigenvalue weighted by Crippen LogP contribution is -2.12. The molecule has 0 amide bonds. The first-order valence-electron chi connectivity index (χ1n) is 13.4. The fourth-order valence-electron chi connectivity index (χ4n) is 3.70. The standard InChI is InChI=1S/C14H16O2.C14H14O.C8H14O/c1-11(2)6-7-12(3)13(4)8-9-14(5)16-10-15;1-11-3-5-12(6-4-11)13-7-9-14(15-2)10-8-13;1-7-2-4-8(6-9)5-3-7/h6-10H,1,3-5H2,2H3;3-10H,1-2H3;6-8H,2-5H2,1H3/b7-6-,9-8-;;. The lowest BCUT2D eigenvalue weighted by molar-refractivity contribution is -0.124. The van der Waals surface area contributed by atoms with Crippen LogP contribution in [0.1, 0.15) is 45.1 Å². The summed E-state index contributed by atoms with van der Waals surface area (Å²) in [4.78, 5) is 20.3. The molecule has 0 aliphatic heterocycles. The fraction of sp³-hybridized carbons (Fsp3) is 0.278. The average molecular weight is 541 g/mol.